The van der Waals surface area contributed by atoms with Crippen LogP contribution in [0.2, 0.25) is 0 Å². The van der Waals surface area contributed by atoms with E-state index in [9.17, 15) is 0 Å². The molecule has 0 radical (unpaired) electrons. The van der Waals surface area contributed by atoms with Gasteiger partial charge in [0.25, 0.3) is 0 Å². The SMILES string of the molecule is c1ccc2c(c1)NCCC2c1nn2cnnc2s1. The Morgan fingerprint density at radius 3 is 3.22 bits per heavy atom. The first-order chi connectivity index (χ1) is 8.92. The lowest BCUT2D eigenvalue weighted by Crippen LogP contribution is -2.17. The molecule has 1 aliphatic heterocycles. The van der Waals surface area contributed by atoms with Crippen molar-refractivity contribution in [2.45, 2.75) is 12.3 Å². The lowest BCUT2D eigenvalue weighted by atomic mass is 9.92. The molecule has 6 heteroatoms. The van der Waals surface area contributed by atoms with Crippen LogP contribution < -0.4 is 5.32 Å². The topological polar surface area (TPSA) is 55.1 Å². The Hall–Kier alpha value is -1.95. The van der Waals surface area contributed by atoms with Gasteiger partial charge in [-0.1, -0.05) is 29.5 Å². The van der Waals surface area contributed by atoms with E-state index in [4.69, 9.17) is 0 Å². The van der Waals surface area contributed by atoms with Crippen LogP contribution in [0.15, 0.2) is 30.6 Å². The molecule has 0 aliphatic carbocycles. The van der Waals surface area contributed by atoms with Crippen LogP contribution in [0, 0.1) is 0 Å². The van der Waals surface area contributed by atoms with Gasteiger partial charge in [-0.3, -0.25) is 0 Å². The molecular weight excluding hydrogens is 246 g/mol. The van der Waals surface area contributed by atoms with E-state index in [1.54, 1.807) is 22.2 Å². The fourth-order valence-corrected chi connectivity index (χ4v) is 3.41. The van der Waals surface area contributed by atoms with Crippen LogP contribution in [0.25, 0.3) is 4.96 Å². The second-order valence-corrected chi connectivity index (χ2v) is 5.34. The number of anilines is 1. The van der Waals surface area contributed by atoms with Gasteiger partial charge in [-0.2, -0.15) is 9.61 Å². The predicted octanol–water partition coefficient (Wildman–Crippen LogP) is 2.13. The standard InChI is InChI=1S/C12H11N5S/c1-2-4-10-8(3-1)9(5-6-13-10)11-16-17-7-14-15-12(17)18-11/h1-4,7,9,13H,5-6H2. The fourth-order valence-electron chi connectivity index (χ4n) is 2.44. The second-order valence-electron chi connectivity index (χ2n) is 4.35. The molecule has 0 amide bonds. The van der Waals surface area contributed by atoms with Crippen molar-refractivity contribution in [3.8, 4) is 0 Å². The monoisotopic (exact) mass is 257 g/mol. The Morgan fingerprint density at radius 2 is 2.28 bits per heavy atom. The molecule has 1 atom stereocenters. The molecular formula is C12H11N5S. The van der Waals surface area contributed by atoms with E-state index in [0.717, 1.165) is 22.9 Å². The average Bonchev–Trinajstić information content (AvgIpc) is 2.99. The third-order valence-corrected chi connectivity index (χ3v) is 4.31. The minimum atomic E-state index is 0.370. The molecule has 0 fully saturated rings. The number of hydrogen-bond donors (Lipinski definition) is 1. The average molecular weight is 257 g/mol. The quantitative estimate of drug-likeness (QED) is 0.725. The van der Waals surface area contributed by atoms with Crippen molar-refractivity contribution in [1.29, 1.82) is 0 Å². The number of benzene rings is 1. The maximum Gasteiger partial charge on any atom is 0.234 e. The first kappa shape index (κ1) is 10.0. The molecule has 2 aromatic heterocycles. The minimum absolute atomic E-state index is 0.370. The molecule has 4 rings (SSSR count). The van der Waals surface area contributed by atoms with Gasteiger partial charge < -0.3 is 5.32 Å². The van der Waals surface area contributed by atoms with Gasteiger partial charge in [-0.25, -0.2) is 0 Å². The summed E-state index contributed by atoms with van der Waals surface area (Å²) in [7, 11) is 0. The van der Waals surface area contributed by atoms with Gasteiger partial charge in [-0.15, -0.1) is 10.2 Å². The molecule has 0 saturated heterocycles. The van der Waals surface area contributed by atoms with Crippen LogP contribution in [0.5, 0.6) is 0 Å². The van der Waals surface area contributed by atoms with Gasteiger partial charge in [0.1, 0.15) is 11.3 Å². The smallest absolute Gasteiger partial charge is 0.234 e. The molecule has 0 bridgehead atoms. The summed E-state index contributed by atoms with van der Waals surface area (Å²) in [5.41, 5.74) is 2.55. The van der Waals surface area contributed by atoms with Crippen molar-refractivity contribution in [2.24, 2.45) is 0 Å². The highest BCUT2D eigenvalue weighted by Crippen LogP contribution is 2.37. The Labute approximate surface area is 107 Å². The summed E-state index contributed by atoms with van der Waals surface area (Å²) >= 11 is 1.62. The number of fused-ring (bicyclic) bond motifs is 2. The second kappa shape index (κ2) is 3.78. The van der Waals surface area contributed by atoms with Crippen LogP contribution in [0.4, 0.5) is 5.69 Å². The van der Waals surface area contributed by atoms with E-state index >= 15 is 0 Å². The van der Waals surface area contributed by atoms with Gasteiger partial charge in [0.15, 0.2) is 0 Å². The minimum Gasteiger partial charge on any atom is -0.385 e. The normalized spacial score (nSPS) is 18.6. The molecule has 1 aliphatic rings. The number of hydrogen-bond acceptors (Lipinski definition) is 5. The highest BCUT2D eigenvalue weighted by molar-refractivity contribution is 7.16. The van der Waals surface area contributed by atoms with Gasteiger partial charge >= 0.3 is 0 Å². The summed E-state index contributed by atoms with van der Waals surface area (Å²) in [6, 6.07) is 8.45. The summed E-state index contributed by atoms with van der Waals surface area (Å²) < 4.78 is 1.75. The van der Waals surface area contributed by atoms with Crippen LogP contribution in [0.1, 0.15) is 22.9 Å². The van der Waals surface area contributed by atoms with Crippen molar-refractivity contribution in [3.05, 3.63) is 41.2 Å². The van der Waals surface area contributed by atoms with Crippen molar-refractivity contribution >= 4 is 22.0 Å². The summed E-state index contributed by atoms with van der Waals surface area (Å²) in [5.74, 6) is 0.370. The summed E-state index contributed by atoms with van der Waals surface area (Å²) in [6.45, 7) is 0.988. The van der Waals surface area contributed by atoms with Crippen LogP contribution in [0.3, 0.4) is 0 Å². The van der Waals surface area contributed by atoms with Gasteiger partial charge in [0.05, 0.1) is 0 Å². The molecule has 1 N–H and O–H groups in total. The van der Waals surface area contributed by atoms with Gasteiger partial charge in [0.2, 0.25) is 4.96 Å². The van der Waals surface area contributed by atoms with Crippen LogP contribution >= 0.6 is 11.3 Å². The van der Waals surface area contributed by atoms with Crippen LogP contribution in [-0.4, -0.2) is 26.4 Å². The summed E-state index contributed by atoms with van der Waals surface area (Å²) in [4.78, 5) is 0.862. The van der Waals surface area contributed by atoms with Gasteiger partial charge in [-0.05, 0) is 18.1 Å². The fraction of sp³-hybridized carbons (Fsp3) is 0.250. The molecule has 3 aromatic rings. The van der Waals surface area contributed by atoms with E-state index in [-0.39, 0.29) is 0 Å². The Morgan fingerprint density at radius 1 is 1.33 bits per heavy atom. The van der Waals surface area contributed by atoms with E-state index in [1.165, 1.54) is 11.3 Å². The summed E-state index contributed by atoms with van der Waals surface area (Å²) in [5, 5.41) is 17.0. The largest absolute Gasteiger partial charge is 0.385 e. The molecule has 3 heterocycles. The maximum absolute atomic E-state index is 4.58. The zero-order valence-electron chi connectivity index (χ0n) is 9.58. The lowest BCUT2D eigenvalue weighted by molar-refractivity contribution is 0.698. The number of rotatable bonds is 1. The lowest BCUT2D eigenvalue weighted by Gasteiger charge is -2.24. The molecule has 1 unspecified atom stereocenters. The zero-order chi connectivity index (χ0) is 11.9. The third-order valence-electron chi connectivity index (χ3n) is 3.29. The number of nitrogens with zero attached hydrogens (tertiary/aromatic N) is 4. The molecule has 90 valence electrons. The Balaban J connectivity index is 1.84. The molecule has 0 spiro atoms. The first-order valence-electron chi connectivity index (χ1n) is 5.91. The van der Waals surface area contributed by atoms with Crippen LogP contribution in [-0.2, 0) is 0 Å². The van der Waals surface area contributed by atoms with Crippen molar-refractivity contribution in [3.63, 3.8) is 0 Å². The Bertz CT molecular complexity index is 673. The van der Waals surface area contributed by atoms with E-state index < -0.39 is 0 Å². The maximum atomic E-state index is 4.58. The highest BCUT2D eigenvalue weighted by atomic mass is 32.1. The van der Waals surface area contributed by atoms with E-state index in [0.29, 0.717) is 5.92 Å². The Kier molecular flexibility index (Phi) is 2.10. The van der Waals surface area contributed by atoms with Crippen molar-refractivity contribution in [2.75, 3.05) is 11.9 Å². The zero-order valence-corrected chi connectivity index (χ0v) is 10.4. The first-order valence-corrected chi connectivity index (χ1v) is 6.73. The van der Waals surface area contributed by atoms with E-state index in [1.807, 2.05) is 0 Å². The highest BCUT2D eigenvalue weighted by Gasteiger charge is 2.24. The molecule has 5 nitrogen and oxygen atoms in total. The number of nitrogens with one attached hydrogen (secondary N) is 1. The number of aromatic nitrogens is 4. The predicted molar refractivity (Wildman–Crippen MR) is 70.1 cm³/mol. The summed E-state index contributed by atoms with van der Waals surface area (Å²) in [6.07, 6.45) is 2.73. The number of para-hydroxylation sites is 1. The van der Waals surface area contributed by atoms with Crippen molar-refractivity contribution < 1.29 is 0 Å². The molecule has 0 saturated carbocycles. The van der Waals surface area contributed by atoms with E-state index in [2.05, 4.69) is 44.9 Å². The molecule has 18 heavy (non-hydrogen) atoms. The van der Waals surface area contributed by atoms with Gasteiger partial charge in [0, 0.05) is 18.2 Å². The van der Waals surface area contributed by atoms with Crippen molar-refractivity contribution in [1.82, 2.24) is 19.8 Å². The molecule has 1 aromatic carbocycles. The third kappa shape index (κ3) is 1.42.